The van der Waals surface area contributed by atoms with Crippen LogP contribution in [0.3, 0.4) is 0 Å². The van der Waals surface area contributed by atoms with Crippen molar-refractivity contribution in [2.45, 2.75) is 32.1 Å². The summed E-state index contributed by atoms with van der Waals surface area (Å²) in [6.07, 6.45) is 0. The van der Waals surface area contributed by atoms with E-state index in [4.69, 9.17) is 14.7 Å². The Morgan fingerprint density at radius 3 is 2.68 bits per heavy atom. The standard InChI is InChI=1S/C23H24N4O3S/c1-13(2)19-22(29)27-20(26-19)17-10-5-6-11-18(17)25-23(27)31-14(3)21(28)24-15-8-7-9-16(12-15)30-4/h5-14,19H,1-4H3,(H,24,28)/t14-,19-/m0/s1. The number of amidine groups is 2. The second-order valence-electron chi connectivity index (χ2n) is 7.71. The lowest BCUT2D eigenvalue weighted by molar-refractivity contribution is -0.125. The van der Waals surface area contributed by atoms with Crippen LogP contribution in [-0.4, -0.2) is 46.1 Å². The fraction of sp³-hybridized carbons (Fsp3) is 0.304. The lowest BCUT2D eigenvalue weighted by Gasteiger charge is -2.27. The number of para-hydroxylation sites is 1. The average Bonchev–Trinajstić information content (AvgIpc) is 3.12. The van der Waals surface area contributed by atoms with Gasteiger partial charge in [-0.3, -0.25) is 14.6 Å². The van der Waals surface area contributed by atoms with E-state index in [9.17, 15) is 9.59 Å². The number of rotatable bonds is 5. The molecule has 0 radical (unpaired) electrons. The van der Waals surface area contributed by atoms with Gasteiger partial charge in [-0.15, -0.1) is 0 Å². The zero-order valence-corrected chi connectivity index (χ0v) is 18.6. The first kappa shape index (κ1) is 21.1. The number of aliphatic imine (C=N–C) groups is 2. The van der Waals surface area contributed by atoms with Gasteiger partial charge in [-0.1, -0.05) is 43.8 Å². The number of methoxy groups -OCH3 is 1. The molecule has 160 valence electrons. The van der Waals surface area contributed by atoms with Crippen LogP contribution in [-0.2, 0) is 9.59 Å². The van der Waals surface area contributed by atoms with E-state index in [0.717, 1.165) is 11.3 Å². The number of hydrogen-bond donors (Lipinski definition) is 1. The van der Waals surface area contributed by atoms with Gasteiger partial charge < -0.3 is 10.1 Å². The van der Waals surface area contributed by atoms with E-state index in [1.807, 2.05) is 50.2 Å². The van der Waals surface area contributed by atoms with E-state index < -0.39 is 11.3 Å². The summed E-state index contributed by atoms with van der Waals surface area (Å²) < 4.78 is 5.21. The smallest absolute Gasteiger partial charge is 0.259 e. The number of fused-ring (bicyclic) bond motifs is 3. The Morgan fingerprint density at radius 2 is 1.94 bits per heavy atom. The van der Waals surface area contributed by atoms with E-state index in [-0.39, 0.29) is 17.7 Å². The largest absolute Gasteiger partial charge is 0.497 e. The third-order valence-corrected chi connectivity index (χ3v) is 6.17. The van der Waals surface area contributed by atoms with Gasteiger partial charge in [0.25, 0.3) is 5.91 Å². The molecular weight excluding hydrogens is 412 g/mol. The molecule has 0 unspecified atom stereocenters. The Kier molecular flexibility index (Phi) is 5.82. The Bertz CT molecular complexity index is 1100. The molecule has 2 aliphatic rings. The summed E-state index contributed by atoms with van der Waals surface area (Å²) in [5, 5.41) is 2.88. The van der Waals surface area contributed by atoms with Gasteiger partial charge in [0.05, 0.1) is 18.0 Å². The molecule has 1 N–H and O–H groups in total. The van der Waals surface area contributed by atoms with Crippen LogP contribution in [0.5, 0.6) is 5.75 Å². The highest BCUT2D eigenvalue weighted by Crippen LogP contribution is 2.36. The van der Waals surface area contributed by atoms with Crippen LogP contribution in [0, 0.1) is 5.92 Å². The summed E-state index contributed by atoms with van der Waals surface area (Å²) in [4.78, 5) is 36.9. The number of anilines is 1. The maximum absolute atomic E-state index is 13.1. The Balaban J connectivity index is 1.58. The van der Waals surface area contributed by atoms with E-state index in [2.05, 4.69) is 5.32 Å². The Morgan fingerprint density at radius 1 is 1.16 bits per heavy atom. The van der Waals surface area contributed by atoms with Gasteiger partial charge in [0.15, 0.2) is 5.17 Å². The quantitative estimate of drug-likeness (QED) is 0.766. The minimum atomic E-state index is -0.484. The Hall–Kier alpha value is -3.13. The maximum atomic E-state index is 13.1. The highest BCUT2D eigenvalue weighted by Gasteiger charge is 2.43. The van der Waals surface area contributed by atoms with Crippen LogP contribution in [0.1, 0.15) is 26.3 Å². The van der Waals surface area contributed by atoms with Crippen LogP contribution in [0.25, 0.3) is 0 Å². The predicted octanol–water partition coefficient (Wildman–Crippen LogP) is 4.07. The number of nitrogens with zero attached hydrogens (tertiary/aromatic N) is 3. The summed E-state index contributed by atoms with van der Waals surface area (Å²) in [6.45, 7) is 5.75. The molecule has 0 spiro atoms. The van der Waals surface area contributed by atoms with Crippen LogP contribution >= 0.6 is 11.8 Å². The number of benzene rings is 2. The van der Waals surface area contributed by atoms with Crippen LogP contribution in [0.15, 0.2) is 58.5 Å². The molecule has 0 saturated heterocycles. The van der Waals surface area contributed by atoms with Crippen molar-refractivity contribution in [1.82, 2.24) is 4.90 Å². The molecule has 8 heteroatoms. The van der Waals surface area contributed by atoms with E-state index in [1.54, 1.807) is 31.1 Å². The fourth-order valence-corrected chi connectivity index (χ4v) is 4.35. The number of hydrogen-bond acceptors (Lipinski definition) is 6. The highest BCUT2D eigenvalue weighted by molar-refractivity contribution is 8.15. The molecule has 31 heavy (non-hydrogen) atoms. The maximum Gasteiger partial charge on any atom is 0.259 e. The molecule has 2 atom stereocenters. The second kappa shape index (κ2) is 8.55. The van der Waals surface area contributed by atoms with Crippen molar-refractivity contribution in [2.75, 3.05) is 12.4 Å². The minimum absolute atomic E-state index is 0.0674. The van der Waals surface area contributed by atoms with Gasteiger partial charge >= 0.3 is 0 Å². The third-order valence-electron chi connectivity index (χ3n) is 5.12. The SMILES string of the molecule is COc1cccc(NC(=O)[C@H](C)SC2=Nc3ccccc3C3=N[C@@H](C(C)C)C(=O)N23)c1. The summed E-state index contributed by atoms with van der Waals surface area (Å²) in [7, 11) is 1.58. The summed E-state index contributed by atoms with van der Waals surface area (Å²) in [6, 6.07) is 14.3. The molecule has 0 fully saturated rings. The average molecular weight is 437 g/mol. The molecule has 2 aromatic rings. The zero-order chi connectivity index (χ0) is 22.1. The number of amides is 2. The summed E-state index contributed by atoms with van der Waals surface area (Å²) >= 11 is 1.25. The van der Waals surface area contributed by atoms with Crippen molar-refractivity contribution < 1.29 is 14.3 Å². The number of carbonyl (C=O) groups excluding carboxylic acids is 2. The van der Waals surface area contributed by atoms with Gasteiger partial charge in [-0.2, -0.15) is 0 Å². The first-order valence-electron chi connectivity index (χ1n) is 10.1. The fourth-order valence-electron chi connectivity index (χ4n) is 3.44. The topological polar surface area (TPSA) is 83.4 Å². The molecule has 2 amide bonds. The molecule has 7 nitrogen and oxygen atoms in total. The van der Waals surface area contributed by atoms with Crippen molar-refractivity contribution in [3.05, 3.63) is 54.1 Å². The number of thioether (sulfide) groups is 1. The van der Waals surface area contributed by atoms with Crippen molar-refractivity contribution in [1.29, 1.82) is 0 Å². The van der Waals surface area contributed by atoms with E-state index in [1.165, 1.54) is 11.8 Å². The lowest BCUT2D eigenvalue weighted by Crippen LogP contribution is -2.43. The number of nitrogens with one attached hydrogen (secondary N) is 1. The molecule has 0 saturated carbocycles. The first-order valence-corrected chi connectivity index (χ1v) is 11.0. The Labute approximate surface area is 185 Å². The molecule has 2 heterocycles. The normalized spacial score (nSPS) is 18.2. The molecular formula is C23H24N4O3S. The van der Waals surface area contributed by atoms with Crippen molar-refractivity contribution in [2.24, 2.45) is 15.9 Å². The molecule has 4 rings (SSSR count). The molecule has 2 aliphatic heterocycles. The van der Waals surface area contributed by atoms with Crippen molar-refractivity contribution >= 4 is 46.0 Å². The van der Waals surface area contributed by atoms with Gasteiger partial charge in [0.1, 0.15) is 17.6 Å². The van der Waals surface area contributed by atoms with Crippen LogP contribution in [0.2, 0.25) is 0 Å². The third kappa shape index (κ3) is 4.07. The summed E-state index contributed by atoms with van der Waals surface area (Å²) in [5.74, 6) is 1.04. The lowest BCUT2D eigenvalue weighted by atomic mass is 10.1. The highest BCUT2D eigenvalue weighted by atomic mass is 32.2. The van der Waals surface area contributed by atoms with E-state index in [0.29, 0.717) is 22.4 Å². The van der Waals surface area contributed by atoms with Crippen molar-refractivity contribution in [3.63, 3.8) is 0 Å². The number of ether oxygens (including phenoxy) is 1. The van der Waals surface area contributed by atoms with Gasteiger partial charge in [0, 0.05) is 17.3 Å². The molecule has 0 aromatic heterocycles. The predicted molar refractivity (Wildman–Crippen MR) is 124 cm³/mol. The second-order valence-corrected chi connectivity index (χ2v) is 9.02. The van der Waals surface area contributed by atoms with Crippen LogP contribution < -0.4 is 10.1 Å². The minimum Gasteiger partial charge on any atom is -0.497 e. The molecule has 0 bridgehead atoms. The van der Waals surface area contributed by atoms with Gasteiger partial charge in [-0.05, 0) is 37.1 Å². The number of carbonyl (C=O) groups is 2. The molecule has 0 aliphatic carbocycles. The summed E-state index contributed by atoms with van der Waals surface area (Å²) in [5.41, 5.74) is 2.22. The van der Waals surface area contributed by atoms with Crippen LogP contribution in [0.4, 0.5) is 11.4 Å². The van der Waals surface area contributed by atoms with Gasteiger partial charge in [-0.25, -0.2) is 9.89 Å². The monoisotopic (exact) mass is 436 g/mol. The molecule has 2 aromatic carbocycles. The van der Waals surface area contributed by atoms with E-state index >= 15 is 0 Å². The van der Waals surface area contributed by atoms with Gasteiger partial charge in [0.2, 0.25) is 5.91 Å². The first-order chi connectivity index (χ1) is 14.9. The zero-order valence-electron chi connectivity index (χ0n) is 17.8. The van der Waals surface area contributed by atoms with Crippen molar-refractivity contribution in [3.8, 4) is 5.75 Å².